The number of oxazole rings is 1. The number of carbonyl (C=O) groups excluding carboxylic acids is 1. The van der Waals surface area contributed by atoms with Gasteiger partial charge in [-0.15, -0.1) is 0 Å². The molecule has 0 radical (unpaired) electrons. The fraction of sp³-hybridized carbons (Fsp3) is 0.158. The molecule has 0 N–H and O–H groups in total. The highest BCUT2D eigenvalue weighted by molar-refractivity contribution is 6.30. The third-order valence-corrected chi connectivity index (χ3v) is 3.74. The van der Waals surface area contributed by atoms with Crippen LogP contribution in [-0.2, 0) is 6.61 Å². The summed E-state index contributed by atoms with van der Waals surface area (Å²) >= 11 is 5.97. The minimum atomic E-state index is 0.115. The number of benzene rings is 2. The molecule has 0 aliphatic carbocycles. The fourth-order valence-electron chi connectivity index (χ4n) is 2.23. The number of carbonyl (C=O) groups is 1. The van der Waals surface area contributed by atoms with Gasteiger partial charge in [0.1, 0.15) is 24.3 Å². The molecule has 0 bridgehead atoms. The second-order valence-electron chi connectivity index (χ2n) is 5.24. The molecule has 0 saturated carbocycles. The Hall–Kier alpha value is -2.59. The smallest absolute Gasteiger partial charge is 0.226 e. The molecule has 0 saturated heterocycles. The van der Waals surface area contributed by atoms with E-state index in [1.807, 2.05) is 19.1 Å². The first kappa shape index (κ1) is 16.3. The lowest BCUT2D eigenvalue weighted by Crippen LogP contribution is -1.98. The third-order valence-electron chi connectivity index (χ3n) is 3.51. The molecule has 0 aliphatic heterocycles. The van der Waals surface area contributed by atoms with E-state index in [4.69, 9.17) is 20.8 Å². The standard InChI is InChI=1S/C19H16ClNO3/c1-2-18(22)13-6-8-17(9-7-13)23-11-16-12-24-19(21-16)14-4-3-5-15(20)10-14/h3-10,12H,2,11H2,1H3. The summed E-state index contributed by atoms with van der Waals surface area (Å²) in [6, 6.07) is 14.4. The first-order chi connectivity index (χ1) is 11.7. The van der Waals surface area contributed by atoms with Gasteiger partial charge in [-0.1, -0.05) is 24.6 Å². The van der Waals surface area contributed by atoms with Crippen molar-refractivity contribution in [2.75, 3.05) is 0 Å². The van der Waals surface area contributed by atoms with Gasteiger partial charge >= 0.3 is 0 Å². The molecule has 0 amide bonds. The first-order valence-electron chi connectivity index (χ1n) is 7.62. The van der Waals surface area contributed by atoms with E-state index in [0.29, 0.717) is 34.3 Å². The van der Waals surface area contributed by atoms with Crippen molar-refractivity contribution in [2.45, 2.75) is 20.0 Å². The Morgan fingerprint density at radius 2 is 2.00 bits per heavy atom. The Balaban J connectivity index is 1.64. The number of nitrogens with zero attached hydrogens (tertiary/aromatic N) is 1. The van der Waals surface area contributed by atoms with Crippen molar-refractivity contribution in [1.82, 2.24) is 4.98 Å². The van der Waals surface area contributed by atoms with E-state index < -0.39 is 0 Å². The van der Waals surface area contributed by atoms with Gasteiger partial charge in [0.15, 0.2) is 5.78 Å². The van der Waals surface area contributed by atoms with E-state index in [1.165, 1.54) is 0 Å². The van der Waals surface area contributed by atoms with Crippen molar-refractivity contribution < 1.29 is 13.9 Å². The van der Waals surface area contributed by atoms with E-state index >= 15 is 0 Å². The van der Waals surface area contributed by atoms with Crippen molar-refractivity contribution >= 4 is 17.4 Å². The maximum atomic E-state index is 11.6. The van der Waals surface area contributed by atoms with Gasteiger partial charge in [-0.25, -0.2) is 4.98 Å². The Labute approximate surface area is 145 Å². The average Bonchev–Trinajstić information content (AvgIpc) is 3.09. The average molecular weight is 342 g/mol. The predicted molar refractivity (Wildman–Crippen MR) is 92.3 cm³/mol. The molecule has 3 rings (SSSR count). The molecular weight excluding hydrogens is 326 g/mol. The van der Waals surface area contributed by atoms with Crippen LogP contribution in [0.25, 0.3) is 11.5 Å². The number of ether oxygens (including phenoxy) is 1. The molecule has 1 aromatic heterocycles. The minimum absolute atomic E-state index is 0.115. The highest BCUT2D eigenvalue weighted by Gasteiger charge is 2.08. The summed E-state index contributed by atoms with van der Waals surface area (Å²) in [4.78, 5) is 16.0. The normalized spacial score (nSPS) is 10.6. The largest absolute Gasteiger partial charge is 0.487 e. The highest BCUT2D eigenvalue weighted by atomic mass is 35.5. The number of hydrogen-bond acceptors (Lipinski definition) is 4. The van der Waals surface area contributed by atoms with E-state index in [2.05, 4.69) is 4.98 Å². The molecule has 122 valence electrons. The molecular formula is C19H16ClNO3. The van der Waals surface area contributed by atoms with Crippen LogP contribution in [0.4, 0.5) is 0 Å². The summed E-state index contributed by atoms with van der Waals surface area (Å²) in [6.45, 7) is 2.12. The van der Waals surface area contributed by atoms with Crippen LogP contribution in [-0.4, -0.2) is 10.8 Å². The number of rotatable bonds is 6. The lowest BCUT2D eigenvalue weighted by Gasteiger charge is -2.04. The summed E-state index contributed by atoms with van der Waals surface area (Å²) < 4.78 is 11.1. The molecule has 4 nitrogen and oxygen atoms in total. The zero-order valence-corrected chi connectivity index (χ0v) is 13.9. The second-order valence-corrected chi connectivity index (χ2v) is 5.68. The fourth-order valence-corrected chi connectivity index (χ4v) is 2.42. The molecule has 0 spiro atoms. The lowest BCUT2D eigenvalue weighted by atomic mass is 10.1. The minimum Gasteiger partial charge on any atom is -0.487 e. The molecule has 0 aliphatic rings. The van der Waals surface area contributed by atoms with Crippen molar-refractivity contribution in [3.63, 3.8) is 0 Å². The van der Waals surface area contributed by atoms with Crippen molar-refractivity contribution in [2.24, 2.45) is 0 Å². The van der Waals surface area contributed by atoms with Crippen LogP contribution in [0.3, 0.4) is 0 Å². The number of halogens is 1. The van der Waals surface area contributed by atoms with Crippen LogP contribution in [0.15, 0.2) is 59.2 Å². The van der Waals surface area contributed by atoms with Gasteiger partial charge in [-0.05, 0) is 42.5 Å². The molecule has 0 fully saturated rings. The lowest BCUT2D eigenvalue weighted by molar-refractivity contribution is 0.0988. The van der Waals surface area contributed by atoms with E-state index in [9.17, 15) is 4.79 Å². The number of hydrogen-bond donors (Lipinski definition) is 0. The topological polar surface area (TPSA) is 52.3 Å². The summed E-state index contributed by atoms with van der Waals surface area (Å²) in [5, 5.41) is 0.630. The number of Topliss-reactive ketones (excluding diaryl/α,β-unsaturated/α-hetero) is 1. The quantitative estimate of drug-likeness (QED) is 0.580. The van der Waals surface area contributed by atoms with Crippen LogP contribution in [0.2, 0.25) is 5.02 Å². The zero-order chi connectivity index (χ0) is 16.9. The molecule has 3 aromatic rings. The molecule has 2 aromatic carbocycles. The van der Waals surface area contributed by atoms with Crippen molar-refractivity contribution in [1.29, 1.82) is 0 Å². The monoisotopic (exact) mass is 341 g/mol. The zero-order valence-electron chi connectivity index (χ0n) is 13.2. The second kappa shape index (κ2) is 7.32. The summed E-state index contributed by atoms with van der Waals surface area (Å²) in [7, 11) is 0. The van der Waals surface area contributed by atoms with Gasteiger partial charge in [0.25, 0.3) is 0 Å². The Bertz CT molecular complexity index is 840. The third kappa shape index (κ3) is 3.84. The van der Waals surface area contributed by atoms with Crippen LogP contribution in [0.1, 0.15) is 29.4 Å². The van der Waals surface area contributed by atoms with Gasteiger partial charge < -0.3 is 9.15 Å². The maximum Gasteiger partial charge on any atom is 0.226 e. The summed E-state index contributed by atoms with van der Waals surface area (Å²) in [5.74, 6) is 1.29. The number of ketones is 1. The van der Waals surface area contributed by atoms with Gasteiger partial charge in [-0.3, -0.25) is 4.79 Å². The molecule has 5 heteroatoms. The van der Waals surface area contributed by atoms with Crippen LogP contribution >= 0.6 is 11.6 Å². The highest BCUT2D eigenvalue weighted by Crippen LogP contribution is 2.22. The molecule has 0 atom stereocenters. The Kier molecular flexibility index (Phi) is 4.96. The van der Waals surface area contributed by atoms with E-state index in [-0.39, 0.29) is 12.4 Å². The Morgan fingerprint density at radius 3 is 2.71 bits per heavy atom. The first-order valence-corrected chi connectivity index (χ1v) is 8.00. The van der Waals surface area contributed by atoms with E-state index in [1.54, 1.807) is 42.7 Å². The molecule has 24 heavy (non-hydrogen) atoms. The summed E-state index contributed by atoms with van der Waals surface area (Å²) in [5.41, 5.74) is 2.18. The number of aromatic nitrogens is 1. The molecule has 0 unspecified atom stereocenters. The predicted octanol–water partition coefficient (Wildman–Crippen LogP) is 5.17. The Morgan fingerprint density at radius 1 is 1.21 bits per heavy atom. The van der Waals surface area contributed by atoms with Gasteiger partial charge in [0.05, 0.1) is 0 Å². The van der Waals surface area contributed by atoms with Crippen molar-refractivity contribution in [3.8, 4) is 17.2 Å². The van der Waals surface area contributed by atoms with E-state index in [0.717, 1.165) is 5.56 Å². The molecule has 1 heterocycles. The van der Waals surface area contributed by atoms with Gasteiger partial charge in [0.2, 0.25) is 5.89 Å². The van der Waals surface area contributed by atoms with Crippen LogP contribution in [0, 0.1) is 0 Å². The van der Waals surface area contributed by atoms with Gasteiger partial charge in [0, 0.05) is 22.6 Å². The van der Waals surface area contributed by atoms with Crippen molar-refractivity contribution in [3.05, 3.63) is 71.1 Å². The van der Waals surface area contributed by atoms with Crippen LogP contribution in [0.5, 0.6) is 5.75 Å². The van der Waals surface area contributed by atoms with Gasteiger partial charge in [-0.2, -0.15) is 0 Å². The van der Waals surface area contributed by atoms with Crippen LogP contribution < -0.4 is 4.74 Å². The maximum absolute atomic E-state index is 11.6. The SMILES string of the molecule is CCC(=O)c1ccc(OCc2coc(-c3cccc(Cl)c3)n2)cc1. The summed E-state index contributed by atoms with van der Waals surface area (Å²) in [6.07, 6.45) is 2.05.